The molecule has 0 bridgehead atoms. The van der Waals surface area contributed by atoms with Gasteiger partial charge in [0.15, 0.2) is 0 Å². The van der Waals surface area contributed by atoms with Gasteiger partial charge < -0.3 is 9.94 Å². The molecule has 0 aliphatic rings. The molecule has 2 N–H and O–H groups in total. The highest BCUT2D eigenvalue weighted by Gasteiger charge is 2.32. The smallest absolute Gasteiger partial charge is 0.314 e. The molecule has 2 rings (SSSR count). The minimum Gasteiger partial charge on any atom is -0.566 e. The maximum absolute atomic E-state index is 14.5. The first kappa shape index (κ1) is 21.0. The number of halogens is 1. The summed E-state index contributed by atoms with van der Waals surface area (Å²) in [6, 6.07) is 14.2. The van der Waals surface area contributed by atoms with Gasteiger partial charge in [0.05, 0.1) is 12.0 Å². The average Bonchev–Trinajstić information content (AvgIpc) is 2.64. The second kappa shape index (κ2) is 9.05. The normalized spacial score (nSPS) is 13.9. The van der Waals surface area contributed by atoms with Crippen molar-refractivity contribution in [2.75, 3.05) is 13.2 Å². The summed E-state index contributed by atoms with van der Waals surface area (Å²) in [6.07, 6.45) is 0. The van der Waals surface area contributed by atoms with E-state index in [2.05, 4.69) is 4.84 Å². The number of ether oxygens (including phenoxy) is 1. The second-order valence-corrected chi connectivity index (χ2v) is 7.04. The van der Waals surface area contributed by atoms with Crippen LogP contribution in [0.3, 0.4) is 0 Å². The number of rotatable bonds is 8. The van der Waals surface area contributed by atoms with E-state index in [9.17, 15) is 14.4 Å². The minimum absolute atomic E-state index is 0.0550. The van der Waals surface area contributed by atoms with Gasteiger partial charge in [0.25, 0.3) is 0 Å². The first-order valence-corrected chi connectivity index (χ1v) is 8.58. The fourth-order valence-corrected chi connectivity index (χ4v) is 2.48. The van der Waals surface area contributed by atoms with Crippen LogP contribution in [-0.2, 0) is 14.4 Å². The quantitative estimate of drug-likeness (QED) is 0.546. The summed E-state index contributed by atoms with van der Waals surface area (Å²) in [5.41, 5.74) is 0.913. The van der Waals surface area contributed by atoms with Gasteiger partial charge in [-0.25, -0.2) is 4.39 Å². The van der Waals surface area contributed by atoms with Gasteiger partial charge in [-0.15, -0.1) is 0 Å². The molecule has 2 aromatic carbocycles. The molecule has 6 nitrogen and oxygen atoms in total. The number of esters is 1. The third-order valence-corrected chi connectivity index (χ3v) is 4.22. The van der Waals surface area contributed by atoms with Crippen molar-refractivity contribution >= 4 is 5.97 Å². The first-order valence-electron chi connectivity index (χ1n) is 8.58. The van der Waals surface area contributed by atoms with E-state index < -0.39 is 16.8 Å². The Labute approximate surface area is 157 Å². The van der Waals surface area contributed by atoms with E-state index in [1.807, 2.05) is 43.3 Å². The summed E-state index contributed by atoms with van der Waals surface area (Å²) in [7, 11) is 0. The Morgan fingerprint density at radius 3 is 2.52 bits per heavy atom. The fraction of sp³-hybridized carbons (Fsp3) is 0.350. The van der Waals surface area contributed by atoms with Gasteiger partial charge in [0.2, 0.25) is 0 Å². The summed E-state index contributed by atoms with van der Waals surface area (Å²) >= 11 is 0. The molecule has 2 atom stereocenters. The Morgan fingerprint density at radius 1 is 1.26 bits per heavy atom. The number of nitrogens with one attached hydrogen (secondary N) is 1. The van der Waals surface area contributed by atoms with Crippen molar-refractivity contribution in [3.63, 3.8) is 0 Å². The number of hydrogen-bond acceptors (Lipinski definition) is 5. The summed E-state index contributed by atoms with van der Waals surface area (Å²) in [4.78, 5) is 16.6. The van der Waals surface area contributed by atoms with Gasteiger partial charge >= 0.3 is 5.97 Å². The van der Waals surface area contributed by atoms with E-state index in [0.29, 0.717) is 11.1 Å². The van der Waals surface area contributed by atoms with E-state index in [1.54, 1.807) is 6.07 Å². The van der Waals surface area contributed by atoms with Crippen LogP contribution in [-0.4, -0.2) is 24.4 Å². The monoisotopic (exact) mass is 377 g/mol. The molecule has 0 spiro atoms. The lowest BCUT2D eigenvalue weighted by molar-refractivity contribution is -1.21. The Bertz CT molecular complexity index is 764. The highest BCUT2D eigenvalue weighted by Crippen LogP contribution is 2.27. The maximum Gasteiger partial charge on any atom is 0.314 e. The zero-order chi connectivity index (χ0) is 20.0. The maximum atomic E-state index is 14.5. The van der Waals surface area contributed by atoms with Crippen LogP contribution in [0.15, 0.2) is 48.5 Å². The van der Waals surface area contributed by atoms with Crippen molar-refractivity contribution in [2.45, 2.75) is 26.7 Å². The largest absolute Gasteiger partial charge is 0.566 e. The van der Waals surface area contributed by atoms with Crippen molar-refractivity contribution in [3.8, 4) is 11.1 Å². The van der Waals surface area contributed by atoms with Gasteiger partial charge in [-0.1, -0.05) is 54.8 Å². The number of carbonyl (C=O) groups excluding carboxylic acids is 1. The summed E-state index contributed by atoms with van der Waals surface area (Å²) in [6.45, 7) is 4.66. The standard InChI is InChI=1S/C20H24FNO5/c1-14(12-26-19(23)20(2,3)13-27-22(24)25)16-9-10-17(18(21)11-16)15-7-5-4-6-8-15/h4-11,14,22,24H,12-13H2,1-3H3/t14-/m0/s1. The van der Waals surface area contributed by atoms with Crippen molar-refractivity contribution in [1.29, 1.82) is 0 Å². The van der Waals surface area contributed by atoms with Crippen molar-refractivity contribution in [3.05, 3.63) is 65.1 Å². The molecule has 146 valence electrons. The van der Waals surface area contributed by atoms with E-state index in [0.717, 1.165) is 5.56 Å². The number of carbonyl (C=O) groups is 1. The summed E-state index contributed by atoms with van der Waals surface area (Å²) in [5.74, 6) is -1.13. The fourth-order valence-electron chi connectivity index (χ4n) is 2.48. The molecular formula is C20H24FNO5. The lowest BCUT2D eigenvalue weighted by Gasteiger charge is -2.24. The molecule has 0 radical (unpaired) electrons. The third kappa shape index (κ3) is 5.83. The van der Waals surface area contributed by atoms with Gasteiger partial charge in [-0.2, -0.15) is 10.0 Å². The van der Waals surface area contributed by atoms with E-state index >= 15 is 0 Å². The van der Waals surface area contributed by atoms with Crippen molar-refractivity contribution < 1.29 is 29.4 Å². The predicted molar refractivity (Wildman–Crippen MR) is 97.1 cm³/mol. The molecule has 0 aromatic heterocycles. The second-order valence-electron chi connectivity index (χ2n) is 7.04. The highest BCUT2D eigenvalue weighted by atomic mass is 19.1. The molecule has 0 fully saturated rings. The molecule has 27 heavy (non-hydrogen) atoms. The minimum atomic E-state index is -1.45. The van der Waals surface area contributed by atoms with Crippen LogP contribution >= 0.6 is 0 Å². The zero-order valence-corrected chi connectivity index (χ0v) is 15.6. The van der Waals surface area contributed by atoms with Crippen LogP contribution in [0.5, 0.6) is 0 Å². The molecule has 2 aromatic rings. The van der Waals surface area contributed by atoms with Gasteiger partial charge in [0.1, 0.15) is 12.4 Å². The average molecular weight is 377 g/mol. The van der Waals surface area contributed by atoms with Crippen LogP contribution in [0.25, 0.3) is 11.1 Å². The number of benzene rings is 2. The third-order valence-electron chi connectivity index (χ3n) is 4.22. The SMILES string of the molecule is C[C@@H](COC(=O)C(C)(C)CO[NH+]([O-])O)c1ccc(-c2ccccc2)c(F)c1. The first-order chi connectivity index (χ1) is 12.7. The van der Waals surface area contributed by atoms with Gasteiger partial charge in [-0.05, 0) is 31.0 Å². The molecule has 0 saturated heterocycles. The topological polar surface area (TPSA) is 83.3 Å². The van der Waals surface area contributed by atoms with Crippen LogP contribution < -0.4 is 5.39 Å². The Balaban J connectivity index is 1.99. The van der Waals surface area contributed by atoms with Gasteiger partial charge in [0, 0.05) is 11.5 Å². The lowest BCUT2D eigenvalue weighted by atomic mass is 9.95. The molecule has 0 heterocycles. The molecule has 0 aliphatic heterocycles. The van der Waals surface area contributed by atoms with Crippen LogP contribution in [0.1, 0.15) is 32.3 Å². The van der Waals surface area contributed by atoms with E-state index in [1.165, 1.54) is 19.9 Å². The van der Waals surface area contributed by atoms with E-state index in [-0.39, 0.29) is 24.9 Å². The predicted octanol–water partition coefficient (Wildman–Crippen LogP) is 2.87. The van der Waals surface area contributed by atoms with Crippen LogP contribution in [0, 0.1) is 16.4 Å². The Hall–Kier alpha value is -2.32. The lowest BCUT2D eigenvalue weighted by Crippen LogP contribution is -3.03. The Kier molecular flexibility index (Phi) is 7.04. The van der Waals surface area contributed by atoms with Crippen molar-refractivity contribution in [1.82, 2.24) is 0 Å². The summed E-state index contributed by atoms with van der Waals surface area (Å²) < 4.78 is 19.8. The van der Waals surface area contributed by atoms with Crippen molar-refractivity contribution in [2.24, 2.45) is 5.41 Å². The molecule has 1 unspecified atom stereocenters. The number of quaternary nitrogens is 1. The van der Waals surface area contributed by atoms with Crippen LogP contribution in [0.4, 0.5) is 4.39 Å². The molecule has 0 aliphatic carbocycles. The molecule has 0 amide bonds. The molecule has 0 saturated carbocycles. The molecule has 7 heteroatoms. The number of hydrogen-bond donors (Lipinski definition) is 2. The highest BCUT2D eigenvalue weighted by molar-refractivity contribution is 5.76. The molecular weight excluding hydrogens is 353 g/mol. The summed E-state index contributed by atoms with van der Waals surface area (Å²) in [5, 5.41) is 17.6. The Morgan fingerprint density at radius 2 is 1.93 bits per heavy atom. The van der Waals surface area contributed by atoms with E-state index in [4.69, 9.17) is 9.94 Å². The zero-order valence-electron chi connectivity index (χ0n) is 15.6. The van der Waals surface area contributed by atoms with Gasteiger partial charge in [-0.3, -0.25) is 4.79 Å². The van der Waals surface area contributed by atoms with Crippen LogP contribution in [0.2, 0.25) is 0 Å².